The minimum Gasteiger partial charge on any atom is -0.497 e. The molecule has 0 radical (unpaired) electrons. The van der Waals surface area contributed by atoms with Crippen molar-refractivity contribution in [3.63, 3.8) is 0 Å². The fourth-order valence-electron chi connectivity index (χ4n) is 3.69. The molecule has 0 bridgehead atoms. The average Bonchev–Trinajstić information content (AvgIpc) is 2.65. The largest absolute Gasteiger partial charge is 0.497 e. The van der Waals surface area contributed by atoms with Gasteiger partial charge in [0.2, 0.25) is 0 Å². The molecule has 0 aromatic heterocycles. The van der Waals surface area contributed by atoms with Crippen LogP contribution < -0.4 is 9.64 Å². The molecule has 0 N–H and O–H groups in total. The molecule has 2 aromatic carbocycles. The second kappa shape index (κ2) is 6.74. The van der Waals surface area contributed by atoms with E-state index in [1.54, 1.807) is 7.11 Å². The molecule has 4 rings (SSSR count). The van der Waals surface area contributed by atoms with Crippen LogP contribution in [0, 0.1) is 5.41 Å². The lowest BCUT2D eigenvalue weighted by molar-refractivity contribution is -0.177. The van der Waals surface area contributed by atoms with Gasteiger partial charge in [0.1, 0.15) is 5.75 Å². The van der Waals surface area contributed by atoms with Crippen molar-refractivity contribution in [2.24, 2.45) is 5.41 Å². The van der Waals surface area contributed by atoms with Crippen LogP contribution in [0.2, 0.25) is 0 Å². The quantitative estimate of drug-likeness (QED) is 0.749. The molecule has 0 aliphatic carbocycles. The molecule has 5 heteroatoms. The van der Waals surface area contributed by atoms with E-state index in [-0.39, 0.29) is 17.4 Å². The molecule has 2 aliphatic rings. The summed E-state index contributed by atoms with van der Waals surface area (Å²) in [5.41, 5.74) is 1.85. The molecule has 1 amide bonds. The third-order valence-corrected chi connectivity index (χ3v) is 5.25. The highest BCUT2D eigenvalue weighted by Gasteiger charge is 2.60. The van der Waals surface area contributed by atoms with E-state index in [9.17, 15) is 4.79 Å². The molecule has 136 valence electrons. The first-order valence-electron chi connectivity index (χ1n) is 8.83. The Morgan fingerprint density at radius 2 is 1.81 bits per heavy atom. The third-order valence-electron chi connectivity index (χ3n) is 5.25. The van der Waals surface area contributed by atoms with E-state index in [0.717, 1.165) is 17.0 Å². The number of amides is 1. The van der Waals surface area contributed by atoms with Gasteiger partial charge in [0.25, 0.3) is 5.91 Å². The Morgan fingerprint density at radius 1 is 1.12 bits per heavy atom. The molecule has 5 nitrogen and oxygen atoms in total. The van der Waals surface area contributed by atoms with Crippen molar-refractivity contribution in [1.29, 1.82) is 0 Å². The van der Waals surface area contributed by atoms with E-state index in [1.165, 1.54) is 0 Å². The highest BCUT2D eigenvalue weighted by atomic mass is 16.5. The number of ether oxygens (including phenoxy) is 3. The van der Waals surface area contributed by atoms with Crippen molar-refractivity contribution in [2.45, 2.75) is 25.7 Å². The standard InChI is InChI=1S/C21H23NO4/c1-21(13-25-14-21)19-18(26-12-15-6-4-3-5-7-15)20(23)22(19)16-8-10-17(24-2)11-9-16/h3-11,18-19H,12-14H2,1-2H3/t18-,19-/m0/s1. The minimum atomic E-state index is -0.439. The van der Waals surface area contributed by atoms with Gasteiger partial charge in [0.15, 0.2) is 6.10 Å². The smallest absolute Gasteiger partial charge is 0.258 e. The Morgan fingerprint density at radius 3 is 2.38 bits per heavy atom. The van der Waals surface area contributed by atoms with Gasteiger partial charge in [-0.15, -0.1) is 0 Å². The van der Waals surface area contributed by atoms with E-state index >= 15 is 0 Å². The lowest BCUT2D eigenvalue weighted by Gasteiger charge is -2.57. The highest BCUT2D eigenvalue weighted by molar-refractivity contribution is 6.05. The van der Waals surface area contributed by atoms with E-state index in [4.69, 9.17) is 14.2 Å². The van der Waals surface area contributed by atoms with Gasteiger partial charge in [-0.1, -0.05) is 37.3 Å². The third kappa shape index (κ3) is 2.87. The van der Waals surface area contributed by atoms with Gasteiger partial charge in [0, 0.05) is 11.1 Å². The first-order valence-corrected chi connectivity index (χ1v) is 8.83. The number of hydrogen-bond acceptors (Lipinski definition) is 4. The molecular formula is C21H23NO4. The minimum absolute atomic E-state index is 0.00391. The molecule has 2 heterocycles. The fourth-order valence-corrected chi connectivity index (χ4v) is 3.69. The fraction of sp³-hybridized carbons (Fsp3) is 0.381. The second-order valence-electron chi connectivity index (χ2n) is 7.22. The topological polar surface area (TPSA) is 48.0 Å². The first-order chi connectivity index (χ1) is 12.6. The van der Waals surface area contributed by atoms with Gasteiger partial charge in [-0.3, -0.25) is 4.79 Å². The predicted molar refractivity (Wildman–Crippen MR) is 98.2 cm³/mol. The number of nitrogens with zero attached hydrogens (tertiary/aromatic N) is 1. The first kappa shape index (κ1) is 17.1. The van der Waals surface area contributed by atoms with Crippen molar-refractivity contribution >= 4 is 11.6 Å². The van der Waals surface area contributed by atoms with Gasteiger partial charge in [0.05, 0.1) is 33.0 Å². The summed E-state index contributed by atoms with van der Waals surface area (Å²) in [4.78, 5) is 14.7. The normalized spacial score (nSPS) is 23.9. The Kier molecular flexibility index (Phi) is 4.42. The van der Waals surface area contributed by atoms with Crippen LogP contribution in [0.15, 0.2) is 54.6 Å². The Balaban J connectivity index is 1.54. The summed E-state index contributed by atoms with van der Waals surface area (Å²) in [5, 5.41) is 0. The van der Waals surface area contributed by atoms with Crippen LogP contribution in [0.4, 0.5) is 5.69 Å². The van der Waals surface area contributed by atoms with Crippen LogP contribution in [0.3, 0.4) is 0 Å². The maximum Gasteiger partial charge on any atom is 0.258 e. The summed E-state index contributed by atoms with van der Waals surface area (Å²) in [6.45, 7) is 3.87. The summed E-state index contributed by atoms with van der Waals surface area (Å²) in [7, 11) is 1.63. The average molecular weight is 353 g/mol. The van der Waals surface area contributed by atoms with Crippen molar-refractivity contribution < 1.29 is 19.0 Å². The van der Waals surface area contributed by atoms with Crippen LogP contribution in [0.25, 0.3) is 0 Å². The zero-order valence-corrected chi connectivity index (χ0v) is 15.1. The Hall–Kier alpha value is -2.37. The van der Waals surface area contributed by atoms with Crippen LogP contribution in [-0.2, 0) is 20.9 Å². The SMILES string of the molecule is COc1ccc(N2C(=O)[C@@H](OCc3ccccc3)[C@H]2C2(C)COC2)cc1. The molecule has 26 heavy (non-hydrogen) atoms. The maximum atomic E-state index is 12.9. The van der Waals surface area contributed by atoms with Gasteiger partial charge < -0.3 is 19.1 Å². The van der Waals surface area contributed by atoms with E-state index in [0.29, 0.717) is 19.8 Å². The molecule has 2 atom stereocenters. The number of anilines is 1. The monoisotopic (exact) mass is 353 g/mol. The van der Waals surface area contributed by atoms with Gasteiger partial charge in [-0.2, -0.15) is 0 Å². The summed E-state index contributed by atoms with van der Waals surface area (Å²) >= 11 is 0. The van der Waals surface area contributed by atoms with Gasteiger partial charge >= 0.3 is 0 Å². The maximum absolute atomic E-state index is 12.9. The van der Waals surface area contributed by atoms with Crippen LogP contribution in [0.5, 0.6) is 5.75 Å². The number of β-lactam (4-membered cyclic amide) rings is 1. The molecule has 2 aromatic rings. The van der Waals surface area contributed by atoms with Crippen molar-refractivity contribution in [1.82, 2.24) is 0 Å². The van der Waals surface area contributed by atoms with Gasteiger partial charge in [-0.25, -0.2) is 0 Å². The number of rotatable bonds is 6. The Labute approximate surface area is 153 Å². The number of benzene rings is 2. The summed E-state index contributed by atoms with van der Waals surface area (Å²) in [5.74, 6) is 0.776. The zero-order valence-electron chi connectivity index (χ0n) is 15.1. The van der Waals surface area contributed by atoms with Crippen molar-refractivity contribution in [3.8, 4) is 5.75 Å². The van der Waals surface area contributed by atoms with E-state index < -0.39 is 6.10 Å². The molecule has 0 saturated carbocycles. The van der Waals surface area contributed by atoms with Crippen molar-refractivity contribution in [2.75, 3.05) is 25.2 Å². The molecular weight excluding hydrogens is 330 g/mol. The summed E-state index contributed by atoms with van der Waals surface area (Å²) in [6.07, 6.45) is -0.439. The zero-order chi connectivity index (χ0) is 18.1. The van der Waals surface area contributed by atoms with Gasteiger partial charge in [-0.05, 0) is 29.8 Å². The predicted octanol–water partition coefficient (Wildman–Crippen LogP) is 3.03. The van der Waals surface area contributed by atoms with E-state index in [1.807, 2.05) is 59.5 Å². The number of carbonyl (C=O) groups excluding carboxylic acids is 1. The molecule has 2 fully saturated rings. The van der Waals surface area contributed by atoms with Crippen LogP contribution >= 0.6 is 0 Å². The molecule has 2 aliphatic heterocycles. The molecule has 2 saturated heterocycles. The van der Waals surface area contributed by atoms with Crippen molar-refractivity contribution in [3.05, 3.63) is 60.2 Å². The second-order valence-corrected chi connectivity index (χ2v) is 7.22. The number of methoxy groups -OCH3 is 1. The summed E-state index contributed by atoms with van der Waals surface area (Å²) in [6, 6.07) is 17.5. The number of carbonyl (C=O) groups is 1. The number of hydrogen-bond donors (Lipinski definition) is 0. The Bertz CT molecular complexity index is 770. The van der Waals surface area contributed by atoms with Crippen LogP contribution in [0.1, 0.15) is 12.5 Å². The highest BCUT2D eigenvalue weighted by Crippen LogP contribution is 2.44. The lowest BCUT2D eigenvalue weighted by atomic mass is 9.72. The lowest BCUT2D eigenvalue weighted by Crippen LogP contribution is -2.75. The summed E-state index contributed by atoms with van der Waals surface area (Å²) < 4.78 is 16.7. The molecule has 0 spiro atoms. The van der Waals surface area contributed by atoms with Crippen LogP contribution in [-0.4, -0.2) is 38.4 Å². The molecule has 0 unspecified atom stereocenters. The van der Waals surface area contributed by atoms with E-state index in [2.05, 4.69) is 6.92 Å².